The number of anilines is 1. The van der Waals surface area contributed by atoms with Crippen LogP contribution in [0.2, 0.25) is 0 Å². The minimum absolute atomic E-state index is 0.0894. The van der Waals surface area contributed by atoms with Crippen LogP contribution in [0.5, 0.6) is 5.75 Å². The van der Waals surface area contributed by atoms with Gasteiger partial charge in [0, 0.05) is 43.3 Å². The Bertz CT molecular complexity index is 874. The molecule has 3 rings (SSSR count). The minimum atomic E-state index is -3.86. The Morgan fingerprint density at radius 2 is 1.54 bits per heavy atom. The fourth-order valence-electron chi connectivity index (χ4n) is 2.77. The third-order valence-electron chi connectivity index (χ3n) is 4.24. The van der Waals surface area contributed by atoms with Gasteiger partial charge >= 0.3 is 10.1 Å². The Labute approximate surface area is 161 Å². The first-order chi connectivity index (χ1) is 12.3. The molecule has 0 aromatic heterocycles. The summed E-state index contributed by atoms with van der Waals surface area (Å²) in [6.07, 6.45) is 0. The highest BCUT2D eigenvalue weighted by atomic mass is 79.9. The van der Waals surface area contributed by atoms with Crippen LogP contribution in [0.1, 0.15) is 6.92 Å². The lowest BCUT2D eigenvalue weighted by molar-refractivity contribution is -0.129. The van der Waals surface area contributed by atoms with Gasteiger partial charge in [0.2, 0.25) is 5.91 Å². The zero-order chi connectivity index (χ0) is 18.7. The molecular weight excluding hydrogens is 420 g/mol. The van der Waals surface area contributed by atoms with Crippen LogP contribution in [0.25, 0.3) is 0 Å². The predicted octanol–water partition coefficient (Wildman–Crippen LogP) is 2.89. The van der Waals surface area contributed by atoms with Crippen molar-refractivity contribution < 1.29 is 17.4 Å². The predicted molar refractivity (Wildman–Crippen MR) is 103 cm³/mol. The van der Waals surface area contributed by atoms with Crippen LogP contribution >= 0.6 is 15.9 Å². The van der Waals surface area contributed by atoms with E-state index >= 15 is 0 Å². The second kappa shape index (κ2) is 7.67. The number of carbonyl (C=O) groups is 1. The fourth-order valence-corrected chi connectivity index (χ4v) is 3.96. The largest absolute Gasteiger partial charge is 0.379 e. The van der Waals surface area contributed by atoms with Crippen molar-refractivity contribution >= 4 is 37.6 Å². The maximum Gasteiger partial charge on any atom is 0.339 e. The van der Waals surface area contributed by atoms with Crippen molar-refractivity contribution in [2.24, 2.45) is 0 Å². The van der Waals surface area contributed by atoms with Crippen LogP contribution in [0.15, 0.2) is 57.9 Å². The fraction of sp³-hybridized carbons (Fsp3) is 0.278. The lowest BCUT2D eigenvalue weighted by Crippen LogP contribution is -2.48. The number of nitrogens with zero attached hydrogens (tertiary/aromatic N) is 2. The molecule has 1 amide bonds. The van der Waals surface area contributed by atoms with Gasteiger partial charge < -0.3 is 14.0 Å². The Kier molecular flexibility index (Phi) is 5.52. The number of carbonyl (C=O) groups excluding carboxylic acids is 1. The SMILES string of the molecule is CC(=O)N1CCN(c2ccc(OS(=O)(=O)c3ccc(Br)cc3)cc2)CC1. The van der Waals surface area contributed by atoms with Crippen LogP contribution in [0.4, 0.5) is 5.69 Å². The molecule has 2 aromatic carbocycles. The first-order valence-electron chi connectivity index (χ1n) is 8.16. The van der Waals surface area contributed by atoms with E-state index in [1.165, 1.54) is 12.1 Å². The van der Waals surface area contributed by atoms with Crippen LogP contribution in [-0.2, 0) is 14.9 Å². The Balaban J connectivity index is 1.66. The molecule has 1 aliphatic rings. The molecule has 2 aromatic rings. The van der Waals surface area contributed by atoms with Crippen molar-refractivity contribution in [3.05, 3.63) is 53.0 Å². The van der Waals surface area contributed by atoms with Crippen molar-refractivity contribution in [3.63, 3.8) is 0 Å². The summed E-state index contributed by atoms with van der Waals surface area (Å²) in [5, 5.41) is 0. The van der Waals surface area contributed by atoms with Crippen LogP contribution in [0.3, 0.4) is 0 Å². The van der Waals surface area contributed by atoms with Gasteiger partial charge in [-0.2, -0.15) is 8.42 Å². The topological polar surface area (TPSA) is 66.9 Å². The summed E-state index contributed by atoms with van der Waals surface area (Å²) in [6.45, 7) is 4.44. The van der Waals surface area contributed by atoms with Gasteiger partial charge in [0.15, 0.2) is 0 Å². The molecule has 0 radical (unpaired) electrons. The first kappa shape index (κ1) is 18.7. The zero-order valence-corrected chi connectivity index (χ0v) is 16.7. The summed E-state index contributed by atoms with van der Waals surface area (Å²) in [6, 6.07) is 13.2. The van der Waals surface area contributed by atoms with E-state index in [2.05, 4.69) is 20.8 Å². The van der Waals surface area contributed by atoms with E-state index in [0.717, 1.165) is 23.2 Å². The molecule has 0 atom stereocenters. The highest BCUT2D eigenvalue weighted by molar-refractivity contribution is 9.10. The summed E-state index contributed by atoms with van der Waals surface area (Å²) < 4.78 is 30.6. The Hall–Kier alpha value is -2.06. The monoisotopic (exact) mass is 438 g/mol. The number of hydrogen-bond acceptors (Lipinski definition) is 5. The quantitative estimate of drug-likeness (QED) is 0.686. The van der Waals surface area contributed by atoms with Crippen molar-refractivity contribution in [1.82, 2.24) is 4.90 Å². The van der Waals surface area contributed by atoms with Crippen LogP contribution < -0.4 is 9.08 Å². The van der Waals surface area contributed by atoms with Gasteiger partial charge in [-0.25, -0.2) is 0 Å². The second-order valence-electron chi connectivity index (χ2n) is 5.98. The van der Waals surface area contributed by atoms with Gasteiger partial charge in [-0.05, 0) is 48.5 Å². The van der Waals surface area contributed by atoms with Crippen LogP contribution in [-0.4, -0.2) is 45.4 Å². The van der Waals surface area contributed by atoms with Gasteiger partial charge in [-0.1, -0.05) is 15.9 Å². The molecule has 8 heteroatoms. The van der Waals surface area contributed by atoms with Crippen molar-refractivity contribution in [2.75, 3.05) is 31.1 Å². The number of piperazine rings is 1. The molecule has 26 heavy (non-hydrogen) atoms. The molecule has 1 fully saturated rings. The summed E-state index contributed by atoms with van der Waals surface area (Å²) in [5.74, 6) is 0.352. The summed E-state index contributed by atoms with van der Waals surface area (Å²) >= 11 is 3.27. The number of hydrogen-bond donors (Lipinski definition) is 0. The van der Waals surface area contributed by atoms with E-state index in [1.807, 2.05) is 17.0 Å². The van der Waals surface area contributed by atoms with Gasteiger partial charge in [-0.15, -0.1) is 0 Å². The second-order valence-corrected chi connectivity index (χ2v) is 8.44. The lowest BCUT2D eigenvalue weighted by atomic mass is 10.2. The van der Waals surface area contributed by atoms with E-state index < -0.39 is 10.1 Å². The van der Waals surface area contributed by atoms with Gasteiger partial charge in [0.05, 0.1) is 0 Å². The molecule has 1 aliphatic heterocycles. The summed E-state index contributed by atoms with van der Waals surface area (Å²) in [7, 11) is -3.86. The van der Waals surface area contributed by atoms with E-state index in [0.29, 0.717) is 13.1 Å². The summed E-state index contributed by atoms with van der Waals surface area (Å²) in [5.41, 5.74) is 0.974. The average Bonchev–Trinajstić information content (AvgIpc) is 2.62. The number of rotatable bonds is 4. The van der Waals surface area contributed by atoms with E-state index in [4.69, 9.17) is 4.18 Å². The average molecular weight is 439 g/mol. The lowest BCUT2D eigenvalue weighted by Gasteiger charge is -2.35. The molecule has 0 spiro atoms. The molecule has 0 bridgehead atoms. The molecule has 1 heterocycles. The molecule has 138 valence electrons. The summed E-state index contributed by atoms with van der Waals surface area (Å²) in [4.78, 5) is 15.5. The molecule has 0 unspecified atom stereocenters. The molecule has 6 nitrogen and oxygen atoms in total. The molecule has 0 saturated carbocycles. The first-order valence-corrected chi connectivity index (χ1v) is 10.4. The number of benzene rings is 2. The molecule has 0 N–H and O–H groups in total. The Morgan fingerprint density at radius 3 is 2.08 bits per heavy atom. The maximum absolute atomic E-state index is 12.3. The van der Waals surface area contributed by atoms with Gasteiger partial charge in [-0.3, -0.25) is 4.79 Å². The molecule has 0 aliphatic carbocycles. The normalized spacial score (nSPS) is 15.0. The maximum atomic E-state index is 12.3. The molecular formula is C18H19BrN2O4S. The number of halogens is 1. The van der Waals surface area contributed by atoms with E-state index in [-0.39, 0.29) is 16.6 Å². The van der Waals surface area contributed by atoms with Crippen molar-refractivity contribution in [3.8, 4) is 5.75 Å². The van der Waals surface area contributed by atoms with Crippen molar-refractivity contribution in [2.45, 2.75) is 11.8 Å². The Morgan fingerprint density at radius 1 is 0.962 bits per heavy atom. The van der Waals surface area contributed by atoms with E-state index in [1.54, 1.807) is 31.2 Å². The van der Waals surface area contributed by atoms with Crippen molar-refractivity contribution in [1.29, 1.82) is 0 Å². The third-order valence-corrected chi connectivity index (χ3v) is 6.03. The number of amides is 1. The highest BCUT2D eigenvalue weighted by Gasteiger charge is 2.20. The smallest absolute Gasteiger partial charge is 0.339 e. The van der Waals surface area contributed by atoms with E-state index in [9.17, 15) is 13.2 Å². The third kappa shape index (κ3) is 4.37. The van der Waals surface area contributed by atoms with Crippen LogP contribution in [0, 0.1) is 0 Å². The zero-order valence-electron chi connectivity index (χ0n) is 14.3. The molecule has 1 saturated heterocycles. The standard InChI is InChI=1S/C18H19BrN2O4S/c1-14(22)20-10-12-21(13-11-20)16-4-6-17(7-5-16)25-26(23,24)18-8-2-15(19)3-9-18/h2-9H,10-13H2,1H3. The van der Waals surface area contributed by atoms with Gasteiger partial charge in [0.1, 0.15) is 10.6 Å². The minimum Gasteiger partial charge on any atom is -0.379 e. The highest BCUT2D eigenvalue weighted by Crippen LogP contribution is 2.24. The van der Waals surface area contributed by atoms with Gasteiger partial charge in [0.25, 0.3) is 0 Å².